The van der Waals surface area contributed by atoms with Gasteiger partial charge in [0.1, 0.15) is 18.2 Å². The Bertz CT molecular complexity index is 1010. The molecular formula is C25H25Cl2FO4. The number of benzene rings is 2. The Balaban J connectivity index is 1.57. The molecule has 4 rings (SSSR count). The fourth-order valence-electron chi connectivity index (χ4n) is 4.50. The number of esters is 1. The molecule has 0 aromatic heterocycles. The van der Waals surface area contributed by atoms with Crippen molar-refractivity contribution in [3.63, 3.8) is 0 Å². The van der Waals surface area contributed by atoms with E-state index in [4.69, 9.17) is 32.7 Å². The maximum Gasteiger partial charge on any atom is 0.309 e. The van der Waals surface area contributed by atoms with Gasteiger partial charge in [-0.1, -0.05) is 29.6 Å². The molecular weight excluding hydrogens is 454 g/mol. The van der Waals surface area contributed by atoms with E-state index in [1.54, 1.807) is 31.2 Å². The summed E-state index contributed by atoms with van der Waals surface area (Å²) in [4.78, 5) is 25.5. The summed E-state index contributed by atoms with van der Waals surface area (Å²) in [5, 5.41) is 0.907. The lowest BCUT2D eigenvalue weighted by molar-refractivity contribution is -0.148. The fraction of sp³-hybridized carbons (Fsp3) is 0.440. The molecule has 0 bridgehead atoms. The van der Waals surface area contributed by atoms with Gasteiger partial charge in [-0.2, -0.15) is 0 Å². The number of carbonyl (C=O) groups is 2. The molecule has 170 valence electrons. The first-order chi connectivity index (χ1) is 15.4. The van der Waals surface area contributed by atoms with Crippen LogP contribution in [-0.4, -0.2) is 18.4 Å². The predicted octanol–water partition coefficient (Wildman–Crippen LogP) is 6.75. The highest BCUT2D eigenvalue weighted by atomic mass is 35.5. The van der Waals surface area contributed by atoms with Crippen LogP contribution in [0, 0.1) is 17.7 Å². The van der Waals surface area contributed by atoms with Gasteiger partial charge in [-0.25, -0.2) is 4.39 Å². The van der Waals surface area contributed by atoms with Crippen LogP contribution >= 0.6 is 23.2 Å². The SMILES string of the molecule is CCOC(=O)[C@@H]1CCC[C@H]1C(=O)c1cc(C2CC2)c(COc2cc(Cl)cc(Cl)c2)cc1F. The normalized spacial score (nSPS) is 20.2. The Labute approximate surface area is 197 Å². The Morgan fingerprint density at radius 1 is 1.00 bits per heavy atom. The average Bonchev–Trinajstić information content (AvgIpc) is 3.46. The number of ether oxygens (including phenoxy) is 2. The van der Waals surface area contributed by atoms with Crippen LogP contribution in [0.25, 0.3) is 0 Å². The van der Waals surface area contributed by atoms with Gasteiger partial charge in [0.25, 0.3) is 0 Å². The van der Waals surface area contributed by atoms with Crippen LogP contribution < -0.4 is 4.74 Å². The van der Waals surface area contributed by atoms with E-state index in [0.717, 1.165) is 24.8 Å². The van der Waals surface area contributed by atoms with Crippen LogP contribution in [0.1, 0.15) is 66.4 Å². The van der Waals surface area contributed by atoms with Gasteiger partial charge in [0.15, 0.2) is 5.78 Å². The second-order valence-corrected chi connectivity index (χ2v) is 9.33. The third-order valence-electron chi connectivity index (χ3n) is 6.18. The van der Waals surface area contributed by atoms with Crippen molar-refractivity contribution in [1.82, 2.24) is 0 Å². The van der Waals surface area contributed by atoms with E-state index in [9.17, 15) is 9.59 Å². The van der Waals surface area contributed by atoms with E-state index in [2.05, 4.69) is 0 Å². The van der Waals surface area contributed by atoms with Crippen molar-refractivity contribution in [3.05, 3.63) is 62.9 Å². The molecule has 2 aliphatic rings. The van der Waals surface area contributed by atoms with Crippen molar-refractivity contribution in [3.8, 4) is 5.75 Å². The molecule has 2 fully saturated rings. The summed E-state index contributed by atoms with van der Waals surface area (Å²) in [6.45, 7) is 2.15. The third-order valence-corrected chi connectivity index (χ3v) is 6.62. The lowest BCUT2D eigenvalue weighted by atomic mass is 9.86. The molecule has 0 aliphatic heterocycles. The molecule has 2 aromatic carbocycles. The van der Waals surface area contributed by atoms with Crippen LogP contribution in [0.3, 0.4) is 0 Å². The first kappa shape index (κ1) is 23.1. The summed E-state index contributed by atoms with van der Waals surface area (Å²) in [5.74, 6) is -1.52. The molecule has 0 heterocycles. The zero-order valence-electron chi connectivity index (χ0n) is 17.8. The van der Waals surface area contributed by atoms with Crippen molar-refractivity contribution in [2.45, 2.75) is 51.6 Å². The van der Waals surface area contributed by atoms with Crippen LogP contribution in [0.4, 0.5) is 4.39 Å². The Kier molecular flexibility index (Phi) is 7.06. The highest BCUT2D eigenvalue weighted by Gasteiger charge is 2.40. The van der Waals surface area contributed by atoms with E-state index in [1.165, 1.54) is 6.07 Å². The maximum atomic E-state index is 15.1. The lowest BCUT2D eigenvalue weighted by Crippen LogP contribution is -2.28. The second-order valence-electron chi connectivity index (χ2n) is 8.46. The molecule has 0 saturated heterocycles. The minimum Gasteiger partial charge on any atom is -0.489 e. The summed E-state index contributed by atoms with van der Waals surface area (Å²) in [5.41, 5.74) is 1.68. The van der Waals surface area contributed by atoms with E-state index >= 15 is 4.39 Å². The molecule has 0 radical (unpaired) electrons. The monoisotopic (exact) mass is 478 g/mol. The summed E-state index contributed by atoms with van der Waals surface area (Å²) >= 11 is 12.1. The Morgan fingerprint density at radius 2 is 1.69 bits per heavy atom. The van der Waals surface area contributed by atoms with Crippen molar-refractivity contribution >= 4 is 35.0 Å². The maximum absolute atomic E-state index is 15.1. The molecule has 2 aromatic rings. The van der Waals surface area contributed by atoms with Crippen molar-refractivity contribution in [2.75, 3.05) is 6.61 Å². The third kappa shape index (κ3) is 5.10. The van der Waals surface area contributed by atoms with Crippen molar-refractivity contribution in [1.29, 1.82) is 0 Å². The van der Waals surface area contributed by atoms with Gasteiger partial charge in [-0.3, -0.25) is 9.59 Å². The van der Waals surface area contributed by atoms with Crippen LogP contribution in [0.5, 0.6) is 5.75 Å². The first-order valence-electron chi connectivity index (χ1n) is 11.0. The number of rotatable bonds is 8. The molecule has 32 heavy (non-hydrogen) atoms. The topological polar surface area (TPSA) is 52.6 Å². The molecule has 0 amide bonds. The summed E-state index contributed by atoms with van der Waals surface area (Å²) in [7, 11) is 0. The van der Waals surface area contributed by atoms with Gasteiger partial charge in [0.2, 0.25) is 0 Å². The van der Waals surface area contributed by atoms with Crippen LogP contribution in [0.2, 0.25) is 10.0 Å². The summed E-state index contributed by atoms with van der Waals surface area (Å²) in [6, 6.07) is 7.96. The standard InChI is InChI=1S/C25H25Cl2FO4/c1-2-31-25(30)20-5-3-4-19(20)24(29)22-12-21(14-6-7-14)15(8-23(22)28)13-32-18-10-16(26)9-17(27)11-18/h8-12,14,19-20H,2-7,13H2,1H3/t19-,20-/m1/s1. The van der Waals surface area contributed by atoms with Gasteiger partial charge >= 0.3 is 5.97 Å². The fourth-order valence-corrected chi connectivity index (χ4v) is 5.00. The zero-order chi connectivity index (χ0) is 22.8. The second kappa shape index (κ2) is 9.80. The number of carbonyl (C=O) groups excluding carboxylic acids is 2. The number of ketones is 1. The number of halogens is 3. The first-order valence-corrected chi connectivity index (χ1v) is 11.7. The molecule has 7 heteroatoms. The van der Waals surface area contributed by atoms with E-state index in [-0.39, 0.29) is 36.4 Å². The zero-order valence-corrected chi connectivity index (χ0v) is 19.3. The van der Waals surface area contributed by atoms with E-state index in [0.29, 0.717) is 34.2 Å². The number of Topliss-reactive ketones (excluding diaryl/α,β-unsaturated/α-hetero) is 1. The van der Waals surface area contributed by atoms with E-state index < -0.39 is 17.7 Å². The molecule has 0 unspecified atom stereocenters. The molecule has 2 atom stereocenters. The van der Waals surface area contributed by atoms with Crippen LogP contribution in [-0.2, 0) is 16.1 Å². The summed E-state index contributed by atoms with van der Waals surface area (Å²) in [6.07, 6.45) is 3.90. The molecule has 0 N–H and O–H groups in total. The van der Waals surface area contributed by atoms with Gasteiger partial charge in [0.05, 0.1) is 18.1 Å². The van der Waals surface area contributed by atoms with Crippen molar-refractivity contribution < 1.29 is 23.5 Å². The molecule has 0 spiro atoms. The molecule has 4 nitrogen and oxygen atoms in total. The van der Waals surface area contributed by atoms with Crippen LogP contribution in [0.15, 0.2) is 30.3 Å². The highest BCUT2D eigenvalue weighted by molar-refractivity contribution is 6.34. The minimum absolute atomic E-state index is 0.0580. The van der Waals surface area contributed by atoms with Gasteiger partial charge in [-0.05, 0) is 80.0 Å². The van der Waals surface area contributed by atoms with Gasteiger partial charge in [-0.15, -0.1) is 0 Å². The molecule has 2 saturated carbocycles. The number of hydrogen-bond acceptors (Lipinski definition) is 4. The summed E-state index contributed by atoms with van der Waals surface area (Å²) < 4.78 is 26.1. The number of hydrogen-bond donors (Lipinski definition) is 0. The minimum atomic E-state index is -0.586. The Morgan fingerprint density at radius 3 is 2.34 bits per heavy atom. The van der Waals surface area contributed by atoms with Crippen molar-refractivity contribution in [2.24, 2.45) is 11.8 Å². The smallest absolute Gasteiger partial charge is 0.309 e. The lowest BCUT2D eigenvalue weighted by Gasteiger charge is -2.19. The average molecular weight is 479 g/mol. The molecule has 2 aliphatic carbocycles. The Hall–Kier alpha value is -2.11. The van der Waals surface area contributed by atoms with Gasteiger partial charge in [0, 0.05) is 16.0 Å². The van der Waals surface area contributed by atoms with Gasteiger partial charge < -0.3 is 9.47 Å². The largest absolute Gasteiger partial charge is 0.489 e. The van der Waals surface area contributed by atoms with E-state index in [1.807, 2.05) is 0 Å². The predicted molar refractivity (Wildman–Crippen MR) is 121 cm³/mol. The highest BCUT2D eigenvalue weighted by Crippen LogP contribution is 2.44. The quantitative estimate of drug-likeness (QED) is 0.311.